The van der Waals surface area contributed by atoms with E-state index in [0.717, 1.165) is 30.0 Å². The zero-order chi connectivity index (χ0) is 16.8. The summed E-state index contributed by atoms with van der Waals surface area (Å²) in [6.45, 7) is 5.90. The molecule has 1 unspecified atom stereocenters. The summed E-state index contributed by atoms with van der Waals surface area (Å²) in [6, 6.07) is 8.64. The standard InChI is InChI=1S/C17H25N7/c1-2-24-8-4-7-15(24)11-20-17(18)19-10-13-5-3-6-14(9-13)16-21-12-22-23-16/h3,5-6,9,12,15H,2,4,7-8,10-11H2,1H3,(H3,18,19,20)(H,21,22,23). The quantitative estimate of drug-likeness (QED) is 0.550. The maximum Gasteiger partial charge on any atom is 0.188 e. The van der Waals surface area contributed by atoms with Gasteiger partial charge in [0.25, 0.3) is 0 Å². The van der Waals surface area contributed by atoms with Gasteiger partial charge in [0.2, 0.25) is 0 Å². The molecular weight excluding hydrogens is 302 g/mol. The first-order valence-corrected chi connectivity index (χ1v) is 8.48. The minimum Gasteiger partial charge on any atom is -0.370 e. The van der Waals surface area contributed by atoms with Gasteiger partial charge in [0.1, 0.15) is 6.33 Å². The Labute approximate surface area is 142 Å². The van der Waals surface area contributed by atoms with Gasteiger partial charge < -0.3 is 11.1 Å². The molecule has 7 heteroatoms. The molecule has 1 fully saturated rings. The fraction of sp³-hybridized carbons (Fsp3) is 0.471. The summed E-state index contributed by atoms with van der Waals surface area (Å²) >= 11 is 0. The van der Waals surface area contributed by atoms with Crippen molar-refractivity contribution >= 4 is 5.96 Å². The SMILES string of the molecule is CCN1CCCC1CNC(N)=NCc1cccc(-c2ncn[nH]2)c1. The van der Waals surface area contributed by atoms with E-state index in [1.807, 2.05) is 24.3 Å². The average Bonchev–Trinajstić information content (AvgIpc) is 3.29. The average molecular weight is 327 g/mol. The van der Waals surface area contributed by atoms with E-state index in [4.69, 9.17) is 5.73 Å². The third kappa shape index (κ3) is 4.11. The van der Waals surface area contributed by atoms with Crippen LogP contribution in [0.4, 0.5) is 0 Å². The van der Waals surface area contributed by atoms with Crippen molar-refractivity contribution < 1.29 is 0 Å². The number of hydrogen-bond acceptors (Lipinski definition) is 4. The Morgan fingerprint density at radius 2 is 2.42 bits per heavy atom. The number of aromatic amines is 1. The first-order valence-electron chi connectivity index (χ1n) is 8.48. The van der Waals surface area contributed by atoms with E-state index in [1.165, 1.54) is 25.7 Å². The highest BCUT2D eigenvalue weighted by molar-refractivity contribution is 5.77. The molecule has 3 rings (SSSR count). The molecule has 7 nitrogen and oxygen atoms in total. The van der Waals surface area contributed by atoms with Crippen molar-refractivity contribution in [1.82, 2.24) is 25.4 Å². The van der Waals surface area contributed by atoms with Crippen LogP contribution in [0, 0.1) is 0 Å². The Morgan fingerprint density at radius 3 is 3.21 bits per heavy atom. The number of aromatic nitrogens is 3. The number of aliphatic imine (C=N–C) groups is 1. The van der Waals surface area contributed by atoms with Gasteiger partial charge in [0, 0.05) is 18.2 Å². The van der Waals surface area contributed by atoms with Gasteiger partial charge in [-0.25, -0.2) is 9.98 Å². The predicted molar refractivity (Wildman–Crippen MR) is 95.4 cm³/mol. The number of nitrogens with one attached hydrogen (secondary N) is 2. The van der Waals surface area contributed by atoms with Gasteiger partial charge in [-0.2, -0.15) is 5.10 Å². The fourth-order valence-corrected chi connectivity index (χ4v) is 3.16. The Hall–Kier alpha value is -2.41. The molecule has 128 valence electrons. The lowest BCUT2D eigenvalue weighted by Gasteiger charge is -2.23. The van der Waals surface area contributed by atoms with Crippen LogP contribution in [-0.4, -0.2) is 51.7 Å². The summed E-state index contributed by atoms with van der Waals surface area (Å²) < 4.78 is 0. The molecule has 1 atom stereocenters. The summed E-state index contributed by atoms with van der Waals surface area (Å²) in [7, 11) is 0. The topological polar surface area (TPSA) is 95.2 Å². The van der Waals surface area contributed by atoms with Crippen LogP contribution in [0.2, 0.25) is 0 Å². The van der Waals surface area contributed by atoms with Crippen molar-refractivity contribution in [2.75, 3.05) is 19.6 Å². The van der Waals surface area contributed by atoms with E-state index in [-0.39, 0.29) is 0 Å². The zero-order valence-corrected chi connectivity index (χ0v) is 14.1. The number of benzene rings is 1. The maximum absolute atomic E-state index is 6.01. The van der Waals surface area contributed by atoms with E-state index in [0.29, 0.717) is 18.5 Å². The number of guanidine groups is 1. The molecule has 2 heterocycles. The van der Waals surface area contributed by atoms with Crippen LogP contribution < -0.4 is 11.1 Å². The predicted octanol–water partition coefficient (Wildman–Crippen LogP) is 1.36. The first-order chi connectivity index (χ1) is 11.8. The fourth-order valence-electron chi connectivity index (χ4n) is 3.16. The van der Waals surface area contributed by atoms with Crippen molar-refractivity contribution in [3.8, 4) is 11.4 Å². The molecule has 1 aromatic carbocycles. The highest BCUT2D eigenvalue weighted by Gasteiger charge is 2.22. The van der Waals surface area contributed by atoms with Crippen LogP contribution >= 0.6 is 0 Å². The first kappa shape index (κ1) is 16.4. The molecule has 4 N–H and O–H groups in total. The summed E-state index contributed by atoms with van der Waals surface area (Å²) in [6.07, 6.45) is 4.00. The van der Waals surface area contributed by atoms with Crippen molar-refractivity contribution in [2.24, 2.45) is 10.7 Å². The minimum absolute atomic E-state index is 0.503. The van der Waals surface area contributed by atoms with Gasteiger partial charge in [-0.05, 0) is 37.6 Å². The van der Waals surface area contributed by atoms with Crippen molar-refractivity contribution in [1.29, 1.82) is 0 Å². The molecule has 0 radical (unpaired) electrons. The van der Waals surface area contributed by atoms with Crippen molar-refractivity contribution in [3.63, 3.8) is 0 Å². The van der Waals surface area contributed by atoms with Crippen molar-refractivity contribution in [2.45, 2.75) is 32.4 Å². The molecule has 0 bridgehead atoms. The third-order valence-electron chi connectivity index (χ3n) is 4.47. The van der Waals surface area contributed by atoms with Crippen LogP contribution in [0.1, 0.15) is 25.3 Å². The molecule has 0 amide bonds. The summed E-state index contributed by atoms with van der Waals surface area (Å²) in [5.74, 6) is 1.26. The number of rotatable bonds is 6. The monoisotopic (exact) mass is 327 g/mol. The molecule has 1 saturated heterocycles. The molecule has 24 heavy (non-hydrogen) atoms. The summed E-state index contributed by atoms with van der Waals surface area (Å²) in [5.41, 5.74) is 8.10. The molecule has 0 spiro atoms. The number of likely N-dealkylation sites (N-methyl/N-ethyl adjacent to an activating group) is 1. The number of likely N-dealkylation sites (tertiary alicyclic amines) is 1. The molecule has 1 aliphatic heterocycles. The Balaban J connectivity index is 1.54. The molecule has 0 saturated carbocycles. The second-order valence-electron chi connectivity index (χ2n) is 6.04. The zero-order valence-electron chi connectivity index (χ0n) is 14.1. The molecular formula is C17H25N7. The van der Waals surface area contributed by atoms with Gasteiger partial charge in [-0.3, -0.25) is 10.00 Å². The smallest absolute Gasteiger partial charge is 0.188 e. The summed E-state index contributed by atoms with van der Waals surface area (Å²) in [5, 5.41) is 10.0. The Morgan fingerprint density at radius 1 is 1.50 bits per heavy atom. The van der Waals surface area contributed by atoms with Gasteiger partial charge >= 0.3 is 0 Å². The van der Waals surface area contributed by atoms with E-state index < -0.39 is 0 Å². The van der Waals surface area contributed by atoms with Crippen LogP contribution in [0.15, 0.2) is 35.6 Å². The lowest BCUT2D eigenvalue weighted by Crippen LogP contribution is -2.42. The third-order valence-corrected chi connectivity index (χ3v) is 4.47. The van der Waals surface area contributed by atoms with Crippen molar-refractivity contribution in [3.05, 3.63) is 36.2 Å². The lowest BCUT2D eigenvalue weighted by molar-refractivity contribution is 0.267. The molecule has 0 aliphatic carbocycles. The number of nitrogens with two attached hydrogens (primary N) is 1. The van der Waals surface area contributed by atoms with Gasteiger partial charge in [0.15, 0.2) is 11.8 Å². The van der Waals surface area contributed by atoms with E-state index >= 15 is 0 Å². The highest BCUT2D eigenvalue weighted by atomic mass is 15.2. The second-order valence-corrected chi connectivity index (χ2v) is 6.04. The largest absolute Gasteiger partial charge is 0.370 e. The summed E-state index contributed by atoms with van der Waals surface area (Å²) in [4.78, 5) is 11.1. The van der Waals surface area contributed by atoms with Gasteiger partial charge in [-0.1, -0.05) is 25.1 Å². The number of hydrogen-bond donors (Lipinski definition) is 3. The highest BCUT2D eigenvalue weighted by Crippen LogP contribution is 2.16. The van der Waals surface area contributed by atoms with Crippen LogP contribution in [0.25, 0.3) is 11.4 Å². The van der Waals surface area contributed by atoms with Gasteiger partial charge in [0.05, 0.1) is 6.54 Å². The minimum atomic E-state index is 0.503. The lowest BCUT2D eigenvalue weighted by atomic mass is 10.1. The Kier molecular flexibility index (Phi) is 5.43. The van der Waals surface area contributed by atoms with Crippen LogP contribution in [0.5, 0.6) is 0 Å². The number of H-pyrrole nitrogens is 1. The second kappa shape index (κ2) is 7.92. The number of nitrogens with zero attached hydrogens (tertiary/aromatic N) is 4. The Bertz CT molecular complexity index is 665. The van der Waals surface area contributed by atoms with Gasteiger partial charge in [-0.15, -0.1) is 0 Å². The normalized spacial score (nSPS) is 18.9. The maximum atomic E-state index is 6.01. The molecule has 2 aromatic rings. The molecule has 1 aromatic heterocycles. The van der Waals surface area contributed by atoms with E-state index in [2.05, 4.69) is 37.3 Å². The van der Waals surface area contributed by atoms with Crippen LogP contribution in [0.3, 0.4) is 0 Å². The van der Waals surface area contributed by atoms with E-state index in [9.17, 15) is 0 Å². The molecule has 1 aliphatic rings. The van der Waals surface area contributed by atoms with E-state index in [1.54, 1.807) is 0 Å². The van der Waals surface area contributed by atoms with Crippen LogP contribution in [-0.2, 0) is 6.54 Å².